The molecule has 0 aromatic carbocycles. The molecule has 2 heterocycles. The summed E-state index contributed by atoms with van der Waals surface area (Å²) in [5.41, 5.74) is 8.91. The van der Waals surface area contributed by atoms with Crippen molar-refractivity contribution in [2.75, 3.05) is 0 Å². The van der Waals surface area contributed by atoms with Crippen LogP contribution in [0.3, 0.4) is 0 Å². The lowest BCUT2D eigenvalue weighted by molar-refractivity contribution is 0.157. The Kier molecular flexibility index (Phi) is 4.15. The molecule has 3 rings (SSSR count). The lowest BCUT2D eigenvalue weighted by Crippen LogP contribution is -2.40. The van der Waals surface area contributed by atoms with E-state index in [9.17, 15) is 0 Å². The molecule has 2 atom stereocenters. The first-order valence-electron chi connectivity index (χ1n) is 7.18. The maximum atomic E-state index is 6.30. The summed E-state index contributed by atoms with van der Waals surface area (Å²) in [6.07, 6.45) is 6.35. The van der Waals surface area contributed by atoms with E-state index in [0.717, 1.165) is 6.54 Å². The molecule has 2 unspecified atom stereocenters. The van der Waals surface area contributed by atoms with Crippen LogP contribution in [0.2, 0.25) is 0 Å². The molecule has 0 amide bonds. The van der Waals surface area contributed by atoms with Crippen molar-refractivity contribution in [1.29, 1.82) is 0 Å². The van der Waals surface area contributed by atoms with Crippen LogP contribution >= 0.6 is 11.3 Å². The predicted octanol–water partition coefficient (Wildman–Crippen LogP) is 3.20. The minimum atomic E-state index is 0.0958. The number of hydrogen-bond donors (Lipinski definition) is 1. The quantitative estimate of drug-likeness (QED) is 0.887. The topological polar surface area (TPSA) is 42.1 Å². The number of hydrogen-bond acceptors (Lipinski definition) is 4. The van der Waals surface area contributed by atoms with Crippen LogP contribution in [0.4, 0.5) is 0 Å². The van der Waals surface area contributed by atoms with Crippen molar-refractivity contribution in [3.05, 3.63) is 52.5 Å². The molecule has 3 nitrogen and oxygen atoms in total. The predicted molar refractivity (Wildman–Crippen MR) is 83.5 cm³/mol. The van der Waals surface area contributed by atoms with Gasteiger partial charge in [-0.3, -0.25) is 9.88 Å². The van der Waals surface area contributed by atoms with Crippen molar-refractivity contribution in [1.82, 2.24) is 9.88 Å². The fourth-order valence-electron chi connectivity index (χ4n) is 2.80. The fraction of sp³-hybridized carbons (Fsp3) is 0.438. The van der Waals surface area contributed by atoms with E-state index >= 15 is 0 Å². The van der Waals surface area contributed by atoms with E-state index < -0.39 is 0 Å². The van der Waals surface area contributed by atoms with Crippen molar-refractivity contribution in [2.24, 2.45) is 5.73 Å². The Hall–Kier alpha value is -1.23. The van der Waals surface area contributed by atoms with E-state index in [1.165, 1.54) is 24.0 Å². The fourth-order valence-corrected chi connectivity index (χ4v) is 3.46. The Balaban J connectivity index is 1.86. The first kappa shape index (κ1) is 13.7. The highest BCUT2D eigenvalue weighted by Crippen LogP contribution is 2.37. The van der Waals surface area contributed by atoms with Crippen LogP contribution in [0, 0.1) is 0 Å². The lowest BCUT2D eigenvalue weighted by atomic mass is 10.00. The molecule has 1 aliphatic rings. The molecule has 0 spiro atoms. The molecule has 2 aromatic rings. The van der Waals surface area contributed by atoms with Crippen molar-refractivity contribution >= 4 is 11.3 Å². The van der Waals surface area contributed by atoms with Gasteiger partial charge in [-0.15, -0.1) is 0 Å². The molecule has 0 bridgehead atoms. The summed E-state index contributed by atoms with van der Waals surface area (Å²) in [6.45, 7) is 3.08. The molecule has 2 N–H and O–H groups in total. The van der Waals surface area contributed by atoms with Gasteiger partial charge in [0.05, 0.1) is 6.04 Å². The zero-order chi connectivity index (χ0) is 13.9. The summed E-state index contributed by atoms with van der Waals surface area (Å²) in [7, 11) is 0. The van der Waals surface area contributed by atoms with E-state index in [2.05, 4.69) is 39.7 Å². The van der Waals surface area contributed by atoms with Gasteiger partial charge >= 0.3 is 0 Å². The second-order valence-electron chi connectivity index (χ2n) is 5.63. The van der Waals surface area contributed by atoms with Crippen LogP contribution in [-0.2, 0) is 6.54 Å². The molecule has 2 aromatic heterocycles. The van der Waals surface area contributed by atoms with Crippen LogP contribution in [-0.4, -0.2) is 22.0 Å². The smallest absolute Gasteiger partial charge is 0.0518 e. The molecule has 1 saturated carbocycles. The molecule has 0 saturated heterocycles. The van der Waals surface area contributed by atoms with Gasteiger partial charge in [0.15, 0.2) is 0 Å². The molecule has 0 radical (unpaired) electrons. The van der Waals surface area contributed by atoms with E-state index in [1.807, 2.05) is 18.5 Å². The van der Waals surface area contributed by atoms with Gasteiger partial charge in [0.25, 0.3) is 0 Å². The third kappa shape index (κ3) is 3.08. The van der Waals surface area contributed by atoms with Crippen molar-refractivity contribution in [2.45, 2.75) is 44.4 Å². The molecule has 0 aliphatic heterocycles. The number of nitrogens with two attached hydrogens (primary N) is 1. The first-order valence-corrected chi connectivity index (χ1v) is 8.12. The number of aromatic nitrogens is 1. The normalized spacial score (nSPS) is 18.1. The zero-order valence-corrected chi connectivity index (χ0v) is 12.6. The number of thiophene rings is 1. The van der Waals surface area contributed by atoms with E-state index in [0.29, 0.717) is 6.04 Å². The summed E-state index contributed by atoms with van der Waals surface area (Å²) < 4.78 is 0. The van der Waals surface area contributed by atoms with E-state index in [4.69, 9.17) is 5.73 Å². The van der Waals surface area contributed by atoms with Gasteiger partial charge in [-0.05, 0) is 53.8 Å². The van der Waals surface area contributed by atoms with Gasteiger partial charge in [-0.1, -0.05) is 6.07 Å². The standard InChI is InChI=1S/C16H21N3S/c1-12(17)16(14-3-2-7-18-9-14)19(15-4-5-15)10-13-6-8-20-11-13/h2-3,6-9,11-12,15-16H,4-5,10,17H2,1H3. The maximum absolute atomic E-state index is 6.30. The van der Waals surface area contributed by atoms with Gasteiger partial charge in [-0.2, -0.15) is 11.3 Å². The summed E-state index contributed by atoms with van der Waals surface area (Å²) in [4.78, 5) is 6.83. The van der Waals surface area contributed by atoms with Crippen LogP contribution in [0.25, 0.3) is 0 Å². The highest BCUT2D eigenvalue weighted by atomic mass is 32.1. The second-order valence-corrected chi connectivity index (χ2v) is 6.41. The molecule has 20 heavy (non-hydrogen) atoms. The zero-order valence-electron chi connectivity index (χ0n) is 11.8. The molecule has 106 valence electrons. The van der Waals surface area contributed by atoms with Crippen LogP contribution in [0.15, 0.2) is 41.4 Å². The van der Waals surface area contributed by atoms with Gasteiger partial charge < -0.3 is 5.73 Å². The van der Waals surface area contributed by atoms with Crippen molar-refractivity contribution < 1.29 is 0 Å². The monoisotopic (exact) mass is 287 g/mol. The second kappa shape index (κ2) is 6.04. The highest BCUT2D eigenvalue weighted by Gasteiger charge is 2.36. The maximum Gasteiger partial charge on any atom is 0.0518 e. The Bertz CT molecular complexity index is 520. The Morgan fingerprint density at radius 1 is 1.45 bits per heavy atom. The minimum absolute atomic E-state index is 0.0958. The van der Waals surface area contributed by atoms with Crippen molar-refractivity contribution in [3.63, 3.8) is 0 Å². The lowest BCUT2D eigenvalue weighted by Gasteiger charge is -2.34. The molecular weight excluding hydrogens is 266 g/mol. The SMILES string of the molecule is CC(N)C(c1cccnc1)N(Cc1ccsc1)C1CC1. The number of rotatable bonds is 6. The Morgan fingerprint density at radius 2 is 2.30 bits per heavy atom. The van der Waals surface area contributed by atoms with Crippen LogP contribution in [0.5, 0.6) is 0 Å². The molecule has 1 fully saturated rings. The summed E-state index contributed by atoms with van der Waals surface area (Å²) >= 11 is 1.76. The summed E-state index contributed by atoms with van der Waals surface area (Å²) in [6, 6.07) is 7.37. The van der Waals surface area contributed by atoms with Gasteiger partial charge in [-0.25, -0.2) is 0 Å². The summed E-state index contributed by atoms with van der Waals surface area (Å²) in [5, 5.41) is 4.38. The number of nitrogens with zero attached hydrogens (tertiary/aromatic N) is 2. The van der Waals surface area contributed by atoms with Crippen molar-refractivity contribution in [3.8, 4) is 0 Å². The Morgan fingerprint density at radius 3 is 2.85 bits per heavy atom. The van der Waals surface area contributed by atoms with E-state index in [-0.39, 0.29) is 12.1 Å². The average molecular weight is 287 g/mol. The first-order chi connectivity index (χ1) is 9.75. The van der Waals surface area contributed by atoms with E-state index in [1.54, 1.807) is 11.3 Å². The number of pyridine rings is 1. The Labute approximate surface area is 124 Å². The summed E-state index contributed by atoms with van der Waals surface area (Å²) in [5.74, 6) is 0. The largest absolute Gasteiger partial charge is 0.326 e. The minimum Gasteiger partial charge on any atom is -0.326 e. The van der Waals surface area contributed by atoms with Crippen LogP contribution in [0.1, 0.15) is 36.9 Å². The average Bonchev–Trinajstić information content (AvgIpc) is 3.17. The molecule has 4 heteroatoms. The van der Waals surface area contributed by atoms with Gasteiger partial charge in [0.2, 0.25) is 0 Å². The van der Waals surface area contributed by atoms with Gasteiger partial charge in [0, 0.05) is 31.0 Å². The third-order valence-corrected chi connectivity index (χ3v) is 4.57. The van der Waals surface area contributed by atoms with Gasteiger partial charge in [0.1, 0.15) is 0 Å². The molecule has 1 aliphatic carbocycles. The molecular formula is C16H21N3S. The third-order valence-electron chi connectivity index (χ3n) is 3.84. The highest BCUT2D eigenvalue weighted by molar-refractivity contribution is 7.07. The van der Waals surface area contributed by atoms with Crippen LogP contribution < -0.4 is 5.73 Å².